The molecule has 1 rings (SSSR count). The molecule has 0 aliphatic rings. The largest absolute Gasteiger partial charge is 0.465 e. The van der Waals surface area contributed by atoms with Gasteiger partial charge >= 0.3 is 37.6 Å². The molecule has 14 heteroatoms. The minimum absolute atomic E-state index is 0.223. The van der Waals surface area contributed by atoms with Gasteiger partial charge in [-0.1, -0.05) is 18.2 Å². The summed E-state index contributed by atoms with van der Waals surface area (Å²) in [5, 5.41) is 0. The molecule has 1 aromatic carbocycles. The fourth-order valence-electron chi connectivity index (χ4n) is 1.84. The lowest BCUT2D eigenvalue weighted by atomic mass is 10.2. The Labute approximate surface area is 166 Å². The quantitative estimate of drug-likeness (QED) is 0.237. The molecule has 1 aromatic rings. The third-order valence-electron chi connectivity index (χ3n) is 3.14. The van der Waals surface area contributed by atoms with Crippen LogP contribution in [0.2, 0.25) is 0 Å². The fourth-order valence-corrected chi connectivity index (χ4v) is 3.44. The standard InChI is InChI=1S/C16H16F5O8P/c1-3-26-30(25,27-4-2)13(29-14(24)15(17,18)16(19,20)21)12(23)28-11(22)10-8-6-5-7-9-10/h5-9,13H,3-4H2,1-2H3. The zero-order valence-corrected chi connectivity index (χ0v) is 16.4. The van der Waals surface area contributed by atoms with Crippen molar-refractivity contribution in [2.45, 2.75) is 31.8 Å². The number of rotatable bonds is 9. The molecule has 30 heavy (non-hydrogen) atoms. The molecule has 0 fully saturated rings. The van der Waals surface area contributed by atoms with Crippen LogP contribution in [-0.2, 0) is 32.7 Å². The molecule has 0 heterocycles. The molecule has 168 valence electrons. The van der Waals surface area contributed by atoms with Gasteiger partial charge in [-0.15, -0.1) is 0 Å². The van der Waals surface area contributed by atoms with Crippen LogP contribution >= 0.6 is 7.60 Å². The smallest absolute Gasteiger partial charge is 0.432 e. The van der Waals surface area contributed by atoms with E-state index in [1.165, 1.54) is 44.2 Å². The van der Waals surface area contributed by atoms with Gasteiger partial charge in [-0.2, -0.15) is 22.0 Å². The first-order chi connectivity index (χ1) is 13.8. The molecule has 0 amide bonds. The van der Waals surface area contributed by atoms with E-state index in [1.807, 2.05) is 0 Å². The highest BCUT2D eigenvalue weighted by Gasteiger charge is 2.66. The Morgan fingerprint density at radius 1 is 0.967 bits per heavy atom. The van der Waals surface area contributed by atoms with Gasteiger partial charge in [0, 0.05) is 0 Å². The summed E-state index contributed by atoms with van der Waals surface area (Å²) in [6, 6.07) is 6.60. The highest BCUT2D eigenvalue weighted by molar-refractivity contribution is 7.55. The summed E-state index contributed by atoms with van der Waals surface area (Å²) in [7, 11) is -4.98. The second kappa shape index (κ2) is 10.1. The van der Waals surface area contributed by atoms with E-state index in [2.05, 4.69) is 18.5 Å². The number of esters is 3. The summed E-state index contributed by atoms with van der Waals surface area (Å²) < 4.78 is 93.9. The lowest BCUT2D eigenvalue weighted by Gasteiger charge is -2.26. The number of benzene rings is 1. The minimum atomic E-state index is -6.38. The lowest BCUT2D eigenvalue weighted by Crippen LogP contribution is -2.47. The molecule has 0 aliphatic heterocycles. The number of carbonyl (C=O) groups excluding carboxylic acids is 3. The van der Waals surface area contributed by atoms with Gasteiger partial charge in [0.1, 0.15) is 0 Å². The van der Waals surface area contributed by atoms with Gasteiger partial charge in [0.05, 0.1) is 18.8 Å². The van der Waals surface area contributed by atoms with Crippen LogP contribution in [0.25, 0.3) is 0 Å². The van der Waals surface area contributed by atoms with E-state index in [4.69, 9.17) is 0 Å². The molecule has 0 spiro atoms. The number of alkyl halides is 5. The van der Waals surface area contributed by atoms with Crippen LogP contribution in [0.4, 0.5) is 22.0 Å². The van der Waals surface area contributed by atoms with Crippen molar-refractivity contribution in [1.82, 2.24) is 0 Å². The maximum absolute atomic E-state index is 13.2. The van der Waals surface area contributed by atoms with E-state index < -0.39 is 56.7 Å². The summed E-state index contributed by atoms with van der Waals surface area (Å²) in [6.07, 6.45) is -6.38. The van der Waals surface area contributed by atoms with Crippen molar-refractivity contribution in [3.05, 3.63) is 35.9 Å². The molecular weight excluding hydrogens is 446 g/mol. The Morgan fingerprint density at radius 2 is 1.47 bits per heavy atom. The SMILES string of the molecule is CCOP(=O)(OCC)C(OC(=O)C(F)(F)C(F)(F)F)C(=O)OC(=O)c1ccccc1. The zero-order valence-electron chi connectivity index (χ0n) is 15.5. The third-order valence-corrected chi connectivity index (χ3v) is 5.27. The Morgan fingerprint density at radius 3 is 1.90 bits per heavy atom. The maximum Gasteiger partial charge on any atom is 0.465 e. The number of hydrogen-bond acceptors (Lipinski definition) is 8. The first-order valence-electron chi connectivity index (χ1n) is 8.15. The fraction of sp³-hybridized carbons (Fsp3) is 0.438. The molecule has 1 atom stereocenters. The molecule has 1 unspecified atom stereocenters. The van der Waals surface area contributed by atoms with Crippen molar-refractivity contribution in [3.63, 3.8) is 0 Å². The summed E-state index contributed by atoms with van der Waals surface area (Å²) in [6.45, 7) is 1.46. The van der Waals surface area contributed by atoms with Gasteiger partial charge in [-0.25, -0.2) is 14.4 Å². The zero-order chi connectivity index (χ0) is 23.2. The molecule has 0 saturated heterocycles. The van der Waals surface area contributed by atoms with Gasteiger partial charge in [-0.05, 0) is 26.0 Å². The van der Waals surface area contributed by atoms with Crippen molar-refractivity contribution < 1.29 is 59.4 Å². The molecule has 0 radical (unpaired) electrons. The van der Waals surface area contributed by atoms with E-state index in [0.29, 0.717) is 0 Å². The van der Waals surface area contributed by atoms with Crippen molar-refractivity contribution in [2.24, 2.45) is 0 Å². The predicted molar refractivity (Wildman–Crippen MR) is 88.6 cm³/mol. The van der Waals surface area contributed by atoms with Crippen LogP contribution in [0.15, 0.2) is 30.3 Å². The second-order valence-electron chi connectivity index (χ2n) is 5.28. The topological polar surface area (TPSA) is 105 Å². The number of hydrogen-bond donors (Lipinski definition) is 0. The van der Waals surface area contributed by atoms with Crippen LogP contribution < -0.4 is 0 Å². The van der Waals surface area contributed by atoms with E-state index in [0.717, 1.165) is 0 Å². The number of carbonyl (C=O) groups is 3. The average molecular weight is 462 g/mol. The third kappa shape index (κ3) is 6.07. The summed E-state index contributed by atoms with van der Waals surface area (Å²) in [4.78, 5) is 35.6. The van der Waals surface area contributed by atoms with E-state index in [-0.39, 0.29) is 5.56 Å². The highest BCUT2D eigenvalue weighted by Crippen LogP contribution is 2.54. The summed E-state index contributed by atoms with van der Waals surface area (Å²) in [5.74, 6) is -15.8. The van der Waals surface area contributed by atoms with Crippen LogP contribution in [0.1, 0.15) is 24.2 Å². The van der Waals surface area contributed by atoms with Gasteiger partial charge < -0.3 is 18.5 Å². The Hall–Kier alpha value is -2.37. The first-order valence-corrected chi connectivity index (χ1v) is 9.76. The lowest BCUT2D eigenvalue weighted by molar-refractivity contribution is -0.281. The average Bonchev–Trinajstić information content (AvgIpc) is 2.65. The first kappa shape index (κ1) is 25.7. The van der Waals surface area contributed by atoms with Crippen LogP contribution in [-0.4, -0.2) is 49.1 Å². The summed E-state index contributed by atoms with van der Waals surface area (Å²) >= 11 is 0. The molecule has 0 aliphatic carbocycles. The maximum atomic E-state index is 13.2. The molecular formula is C16H16F5O8P. The second-order valence-corrected chi connectivity index (χ2v) is 7.34. The normalized spacial score (nSPS) is 13.4. The van der Waals surface area contributed by atoms with Crippen molar-refractivity contribution in [1.29, 1.82) is 0 Å². The van der Waals surface area contributed by atoms with Crippen molar-refractivity contribution in [2.75, 3.05) is 13.2 Å². The monoisotopic (exact) mass is 462 g/mol. The number of halogens is 5. The molecule has 8 nitrogen and oxygen atoms in total. The molecule has 0 bridgehead atoms. The molecule has 0 aromatic heterocycles. The molecule has 0 saturated carbocycles. The van der Waals surface area contributed by atoms with Crippen molar-refractivity contribution >= 4 is 25.5 Å². The van der Waals surface area contributed by atoms with Crippen LogP contribution in [0.3, 0.4) is 0 Å². The van der Waals surface area contributed by atoms with Gasteiger partial charge in [0.2, 0.25) is 0 Å². The van der Waals surface area contributed by atoms with E-state index >= 15 is 0 Å². The number of ether oxygens (including phenoxy) is 2. The van der Waals surface area contributed by atoms with Crippen LogP contribution in [0, 0.1) is 0 Å². The van der Waals surface area contributed by atoms with Gasteiger partial charge in [0.25, 0.3) is 5.85 Å². The Balaban J connectivity index is 3.26. The Kier molecular flexibility index (Phi) is 8.64. The van der Waals surface area contributed by atoms with Crippen molar-refractivity contribution in [3.8, 4) is 0 Å². The minimum Gasteiger partial charge on any atom is -0.432 e. The van der Waals surface area contributed by atoms with Gasteiger partial charge in [0.15, 0.2) is 0 Å². The Bertz CT molecular complexity index is 802. The van der Waals surface area contributed by atoms with E-state index in [9.17, 15) is 40.9 Å². The predicted octanol–water partition coefficient (Wildman–Crippen LogP) is 3.70. The van der Waals surface area contributed by atoms with Gasteiger partial charge in [-0.3, -0.25) is 4.57 Å². The highest BCUT2D eigenvalue weighted by atomic mass is 31.2. The molecule has 0 N–H and O–H groups in total. The van der Waals surface area contributed by atoms with E-state index in [1.54, 1.807) is 0 Å². The summed E-state index contributed by atoms with van der Waals surface area (Å²) in [5.41, 5.74) is -0.223. The van der Waals surface area contributed by atoms with Crippen LogP contribution in [0.5, 0.6) is 0 Å².